The largest absolute Gasteiger partial charge is 1.00 e. The number of hydrogen-bond donors (Lipinski definition) is 0. The van der Waals surface area contributed by atoms with E-state index in [0.717, 1.165) is 4.90 Å². The van der Waals surface area contributed by atoms with E-state index in [9.17, 15) is 5.11 Å². The van der Waals surface area contributed by atoms with Crippen molar-refractivity contribution >= 4 is 35.0 Å². The maximum absolute atomic E-state index is 10.9. The number of benzene rings is 1. The molecule has 0 unspecified atom stereocenters. The molecule has 0 aliphatic heterocycles. The third kappa shape index (κ3) is 3.38. The minimum Gasteiger partial charge on any atom is -0.871 e. The van der Waals surface area contributed by atoms with Crippen LogP contribution in [0, 0.1) is 0 Å². The molecule has 1 rings (SSSR count). The first-order valence-electron chi connectivity index (χ1n) is 2.85. The molecular weight excluding hydrogens is 242 g/mol. The second-order valence-corrected chi connectivity index (χ2v) is 3.58. The van der Waals surface area contributed by atoms with Crippen molar-refractivity contribution in [2.75, 3.05) is 6.26 Å². The molecule has 0 spiro atoms. The smallest absolute Gasteiger partial charge is 0.871 e. The van der Waals surface area contributed by atoms with Gasteiger partial charge in [0.05, 0.1) is 5.02 Å². The van der Waals surface area contributed by atoms with Crippen LogP contribution in [0.1, 0.15) is 0 Å². The fourth-order valence-electron chi connectivity index (χ4n) is 0.667. The molecule has 0 N–H and O–H groups in total. The van der Waals surface area contributed by atoms with Gasteiger partial charge in [-0.3, -0.25) is 0 Å². The zero-order chi connectivity index (χ0) is 8.43. The van der Waals surface area contributed by atoms with Gasteiger partial charge in [-0.25, -0.2) is 0 Å². The van der Waals surface area contributed by atoms with Gasteiger partial charge >= 0.3 is 51.4 Å². The molecule has 5 heteroatoms. The third-order valence-corrected chi connectivity index (χ3v) is 2.70. The van der Waals surface area contributed by atoms with Gasteiger partial charge < -0.3 is 5.11 Å². The van der Waals surface area contributed by atoms with Crippen LogP contribution in [0.3, 0.4) is 0 Å². The van der Waals surface area contributed by atoms with Crippen molar-refractivity contribution < 1.29 is 56.5 Å². The maximum atomic E-state index is 10.9. The Hall–Kier alpha value is 1.59. The van der Waals surface area contributed by atoms with E-state index in [1.54, 1.807) is 6.07 Å². The van der Waals surface area contributed by atoms with Crippen molar-refractivity contribution in [3.63, 3.8) is 0 Å². The molecule has 0 aliphatic carbocycles. The number of thioether (sulfide) groups is 1. The van der Waals surface area contributed by atoms with Crippen LogP contribution >= 0.6 is 35.0 Å². The zero-order valence-corrected chi connectivity index (χ0v) is 12.2. The fraction of sp³-hybridized carbons (Fsp3) is 0.143. The molecule has 1 nitrogen and oxygen atoms in total. The first-order chi connectivity index (χ1) is 5.15. The van der Waals surface area contributed by atoms with E-state index in [4.69, 9.17) is 23.2 Å². The second-order valence-electron chi connectivity index (χ2n) is 1.92. The molecule has 0 heterocycles. The summed E-state index contributed by atoms with van der Waals surface area (Å²) in [6.45, 7) is 0. The maximum Gasteiger partial charge on any atom is 1.00 e. The molecule has 12 heavy (non-hydrogen) atoms. The summed E-state index contributed by atoms with van der Waals surface area (Å²) in [4.78, 5) is 0.830. The number of hydrogen-bond acceptors (Lipinski definition) is 2. The monoisotopic (exact) mass is 246 g/mol. The Labute approximate surface area is 128 Å². The normalized spacial score (nSPS) is 9.25. The quantitative estimate of drug-likeness (QED) is 0.506. The summed E-state index contributed by atoms with van der Waals surface area (Å²) in [6, 6.07) is 2.91. The molecule has 0 fully saturated rings. The molecule has 1 aromatic carbocycles. The molecule has 0 radical (unpaired) electrons. The van der Waals surface area contributed by atoms with Gasteiger partial charge in [0, 0.05) is 9.92 Å². The number of halogens is 2. The average molecular weight is 247 g/mol. The predicted molar refractivity (Wildman–Crippen MR) is 47.7 cm³/mol. The van der Waals surface area contributed by atoms with Gasteiger partial charge in [0.15, 0.2) is 0 Å². The number of rotatable bonds is 1. The molecule has 0 amide bonds. The van der Waals surface area contributed by atoms with Gasteiger partial charge in [-0.1, -0.05) is 29.0 Å². The van der Waals surface area contributed by atoms with E-state index in [1.807, 2.05) is 6.26 Å². The van der Waals surface area contributed by atoms with Gasteiger partial charge in [-0.05, 0) is 18.4 Å². The Bertz CT molecular complexity index is 280. The van der Waals surface area contributed by atoms with Crippen molar-refractivity contribution in [2.24, 2.45) is 0 Å². The predicted octanol–water partition coefficient (Wildman–Crippen LogP) is -0.207. The van der Waals surface area contributed by atoms with Gasteiger partial charge in [-0.15, -0.1) is 11.8 Å². The summed E-state index contributed by atoms with van der Waals surface area (Å²) in [5.74, 6) is -0.227. The Morgan fingerprint density at radius 1 is 1.25 bits per heavy atom. The van der Waals surface area contributed by atoms with Crippen LogP contribution in [0.5, 0.6) is 5.75 Å². The summed E-state index contributed by atoms with van der Waals surface area (Å²) in [5, 5.41) is 11.6. The summed E-state index contributed by atoms with van der Waals surface area (Å²) < 4.78 is 0. The fourth-order valence-corrected chi connectivity index (χ4v) is 1.77. The summed E-state index contributed by atoms with van der Waals surface area (Å²) in [5.41, 5.74) is 0. The van der Waals surface area contributed by atoms with Crippen molar-refractivity contribution in [3.05, 3.63) is 22.2 Å². The first kappa shape index (κ1) is 13.6. The van der Waals surface area contributed by atoms with Crippen molar-refractivity contribution in [1.82, 2.24) is 0 Å². The molecule has 0 saturated carbocycles. The Morgan fingerprint density at radius 2 is 1.83 bits per heavy atom. The standard InChI is InChI=1S/C7H6Cl2OS.K/c1-11-7-3-4(8)6(10)2-5(7)9;/h2-3,10H,1H3;/q;+1/p-1. The van der Waals surface area contributed by atoms with E-state index in [0.29, 0.717) is 5.02 Å². The van der Waals surface area contributed by atoms with E-state index in [1.165, 1.54) is 17.8 Å². The van der Waals surface area contributed by atoms with Crippen LogP contribution < -0.4 is 56.5 Å². The van der Waals surface area contributed by atoms with Crippen molar-refractivity contribution in [3.8, 4) is 5.75 Å². The topological polar surface area (TPSA) is 23.1 Å². The van der Waals surface area contributed by atoms with Crippen LogP contribution in [0.2, 0.25) is 10.0 Å². The van der Waals surface area contributed by atoms with E-state index >= 15 is 0 Å². The third-order valence-electron chi connectivity index (χ3n) is 1.21. The van der Waals surface area contributed by atoms with Crippen LogP contribution in [-0.2, 0) is 0 Å². The molecule has 0 saturated heterocycles. The Morgan fingerprint density at radius 3 is 2.33 bits per heavy atom. The summed E-state index contributed by atoms with van der Waals surface area (Å²) >= 11 is 12.8. The summed E-state index contributed by atoms with van der Waals surface area (Å²) in [6.07, 6.45) is 1.88. The van der Waals surface area contributed by atoms with E-state index in [2.05, 4.69) is 0 Å². The second kappa shape index (κ2) is 6.14. The molecular formula is C7H5Cl2KOS. The van der Waals surface area contributed by atoms with Crippen LogP contribution in [0.4, 0.5) is 0 Å². The molecule has 0 atom stereocenters. The molecule has 0 aliphatic rings. The summed E-state index contributed by atoms with van der Waals surface area (Å²) in [7, 11) is 0. The first-order valence-corrected chi connectivity index (χ1v) is 4.83. The van der Waals surface area contributed by atoms with E-state index in [-0.39, 0.29) is 62.2 Å². The van der Waals surface area contributed by atoms with Gasteiger partial charge in [0.25, 0.3) is 0 Å². The zero-order valence-electron chi connectivity index (χ0n) is 6.73. The van der Waals surface area contributed by atoms with Crippen LogP contribution in [0.25, 0.3) is 0 Å². The van der Waals surface area contributed by atoms with E-state index < -0.39 is 0 Å². The minimum absolute atomic E-state index is 0. The molecule has 0 bridgehead atoms. The SMILES string of the molecule is CSc1cc(Cl)c([O-])cc1Cl.[K+]. The van der Waals surface area contributed by atoms with Crippen LogP contribution in [0.15, 0.2) is 17.0 Å². The van der Waals surface area contributed by atoms with Gasteiger partial charge in [0.1, 0.15) is 0 Å². The van der Waals surface area contributed by atoms with Crippen molar-refractivity contribution in [2.45, 2.75) is 4.90 Å². The molecule has 60 valence electrons. The van der Waals surface area contributed by atoms with Gasteiger partial charge in [0.2, 0.25) is 0 Å². The Kier molecular flexibility index (Phi) is 6.95. The Balaban J connectivity index is 0.00000121. The van der Waals surface area contributed by atoms with Gasteiger partial charge in [-0.2, -0.15) is 0 Å². The average Bonchev–Trinajstić information content (AvgIpc) is 1.97. The van der Waals surface area contributed by atoms with Crippen LogP contribution in [-0.4, -0.2) is 6.26 Å². The minimum atomic E-state index is -0.227. The van der Waals surface area contributed by atoms with Crippen molar-refractivity contribution in [1.29, 1.82) is 0 Å². The molecule has 0 aromatic heterocycles. The molecule has 1 aromatic rings.